The molecule has 0 aromatic heterocycles. The van der Waals surface area contributed by atoms with Gasteiger partial charge in [-0.15, -0.1) is 0 Å². The van der Waals surface area contributed by atoms with Crippen molar-refractivity contribution in [1.82, 2.24) is 0 Å². The lowest BCUT2D eigenvalue weighted by Gasteiger charge is -2.15. The van der Waals surface area contributed by atoms with E-state index < -0.39 is 0 Å². The molecule has 0 fully saturated rings. The Hall–Kier alpha value is -1.48. The quantitative estimate of drug-likeness (QED) is 0.810. The average molecular weight is 305 g/mol. The van der Waals surface area contributed by atoms with Crippen molar-refractivity contribution in [3.05, 3.63) is 52.0 Å². The molecule has 0 radical (unpaired) electrons. The lowest BCUT2D eigenvalue weighted by atomic mass is 10.1. The summed E-state index contributed by atoms with van der Waals surface area (Å²) in [5.41, 5.74) is 11.4. The summed E-state index contributed by atoms with van der Waals surface area (Å²) >= 11 is 3.42. The summed E-state index contributed by atoms with van der Waals surface area (Å²) in [5.74, 6) is 0. The molecular weight excluding hydrogens is 288 g/mol. The number of nitrogen functional groups attached to an aromatic ring is 1. The van der Waals surface area contributed by atoms with E-state index in [1.165, 1.54) is 11.1 Å². The molecule has 0 amide bonds. The van der Waals surface area contributed by atoms with Gasteiger partial charge >= 0.3 is 0 Å². The first-order valence-corrected chi connectivity index (χ1v) is 6.81. The third-order valence-electron chi connectivity index (χ3n) is 3.01. The molecule has 0 aliphatic rings. The second kappa shape index (κ2) is 5.44. The number of anilines is 3. The monoisotopic (exact) mass is 304 g/mol. The van der Waals surface area contributed by atoms with E-state index in [0.29, 0.717) is 0 Å². The van der Waals surface area contributed by atoms with Gasteiger partial charge in [0.25, 0.3) is 0 Å². The van der Waals surface area contributed by atoms with Gasteiger partial charge in [0, 0.05) is 10.2 Å². The molecule has 0 aliphatic heterocycles. The molecule has 0 spiro atoms. The van der Waals surface area contributed by atoms with Crippen LogP contribution in [0.25, 0.3) is 0 Å². The summed E-state index contributed by atoms with van der Waals surface area (Å²) < 4.78 is 0.992. The molecule has 0 saturated heterocycles. The molecular formula is C15H17BrN2. The molecule has 0 saturated carbocycles. The molecule has 2 rings (SSSR count). The van der Waals surface area contributed by atoms with Crippen molar-refractivity contribution in [1.29, 1.82) is 0 Å². The van der Waals surface area contributed by atoms with Crippen LogP contribution in [0, 0.1) is 6.92 Å². The molecule has 2 aromatic carbocycles. The third-order valence-corrected chi connectivity index (χ3v) is 3.51. The van der Waals surface area contributed by atoms with E-state index in [-0.39, 0.29) is 0 Å². The van der Waals surface area contributed by atoms with Gasteiger partial charge in [0.2, 0.25) is 0 Å². The minimum absolute atomic E-state index is 0.745. The number of para-hydroxylation sites is 1. The molecule has 2 aromatic rings. The first-order valence-electron chi connectivity index (χ1n) is 6.02. The molecule has 0 unspecified atom stereocenters. The zero-order chi connectivity index (χ0) is 13.1. The standard InChI is InChI=1S/C15H17BrN2/c1-3-11-6-4-5-10(2)15(11)18-14-8-7-12(16)9-13(14)17/h4-9,18H,3,17H2,1-2H3. The van der Waals surface area contributed by atoms with Crippen molar-refractivity contribution in [2.75, 3.05) is 11.1 Å². The number of nitrogens with one attached hydrogen (secondary N) is 1. The second-order valence-electron chi connectivity index (χ2n) is 4.32. The topological polar surface area (TPSA) is 38.0 Å². The largest absolute Gasteiger partial charge is 0.397 e. The van der Waals surface area contributed by atoms with Gasteiger partial charge in [-0.3, -0.25) is 0 Å². The van der Waals surface area contributed by atoms with Crippen LogP contribution in [-0.2, 0) is 6.42 Å². The molecule has 94 valence electrons. The zero-order valence-corrected chi connectivity index (χ0v) is 12.2. The van der Waals surface area contributed by atoms with Crippen molar-refractivity contribution in [3.63, 3.8) is 0 Å². The summed E-state index contributed by atoms with van der Waals surface area (Å²) in [7, 11) is 0. The Morgan fingerprint density at radius 2 is 2.00 bits per heavy atom. The molecule has 3 heteroatoms. The highest BCUT2D eigenvalue weighted by Gasteiger charge is 2.06. The fraction of sp³-hybridized carbons (Fsp3) is 0.200. The SMILES string of the molecule is CCc1cccc(C)c1Nc1ccc(Br)cc1N. The molecule has 18 heavy (non-hydrogen) atoms. The summed E-state index contributed by atoms with van der Waals surface area (Å²) in [6.07, 6.45) is 1.00. The van der Waals surface area contributed by atoms with Crippen molar-refractivity contribution < 1.29 is 0 Å². The highest BCUT2D eigenvalue weighted by molar-refractivity contribution is 9.10. The van der Waals surface area contributed by atoms with Crippen LogP contribution in [0.2, 0.25) is 0 Å². The normalized spacial score (nSPS) is 10.4. The van der Waals surface area contributed by atoms with Crippen molar-refractivity contribution in [2.24, 2.45) is 0 Å². The molecule has 3 N–H and O–H groups in total. The van der Waals surface area contributed by atoms with E-state index in [1.807, 2.05) is 18.2 Å². The maximum atomic E-state index is 6.02. The fourth-order valence-electron chi connectivity index (χ4n) is 1.98. The predicted octanol–water partition coefficient (Wildman–Crippen LogP) is 4.65. The molecule has 2 nitrogen and oxygen atoms in total. The average Bonchev–Trinajstić information content (AvgIpc) is 2.34. The molecule has 0 heterocycles. The summed E-state index contributed by atoms with van der Waals surface area (Å²) in [6, 6.07) is 12.2. The van der Waals surface area contributed by atoms with Crippen molar-refractivity contribution in [2.45, 2.75) is 20.3 Å². The second-order valence-corrected chi connectivity index (χ2v) is 5.23. The Kier molecular flexibility index (Phi) is 3.92. The van der Waals surface area contributed by atoms with Crippen LogP contribution in [0.5, 0.6) is 0 Å². The first kappa shape index (κ1) is 13.0. The van der Waals surface area contributed by atoms with Gasteiger partial charge < -0.3 is 11.1 Å². The highest BCUT2D eigenvalue weighted by atomic mass is 79.9. The maximum absolute atomic E-state index is 6.02. The minimum atomic E-state index is 0.745. The van der Waals surface area contributed by atoms with Crippen molar-refractivity contribution in [3.8, 4) is 0 Å². The predicted molar refractivity (Wildman–Crippen MR) is 82.4 cm³/mol. The summed E-state index contributed by atoms with van der Waals surface area (Å²) in [6.45, 7) is 4.27. The number of hydrogen-bond donors (Lipinski definition) is 2. The number of rotatable bonds is 3. The van der Waals surface area contributed by atoms with Gasteiger partial charge in [0.1, 0.15) is 0 Å². The number of benzene rings is 2. The van der Waals surface area contributed by atoms with E-state index in [0.717, 1.165) is 28.0 Å². The van der Waals surface area contributed by atoms with Crippen LogP contribution in [0.4, 0.5) is 17.1 Å². The van der Waals surface area contributed by atoms with Gasteiger partial charge in [-0.05, 0) is 42.7 Å². The van der Waals surface area contributed by atoms with Crippen LogP contribution in [0.1, 0.15) is 18.1 Å². The van der Waals surface area contributed by atoms with E-state index in [4.69, 9.17) is 5.73 Å². The van der Waals surface area contributed by atoms with Gasteiger partial charge in [-0.25, -0.2) is 0 Å². The molecule has 0 aliphatic carbocycles. The number of aryl methyl sites for hydroxylation is 2. The zero-order valence-electron chi connectivity index (χ0n) is 10.6. The van der Waals surface area contributed by atoms with E-state index in [9.17, 15) is 0 Å². The van der Waals surface area contributed by atoms with E-state index in [1.54, 1.807) is 0 Å². The van der Waals surface area contributed by atoms with Crippen LogP contribution in [-0.4, -0.2) is 0 Å². The Morgan fingerprint density at radius 1 is 1.22 bits per heavy atom. The van der Waals surface area contributed by atoms with Crippen LogP contribution in [0.15, 0.2) is 40.9 Å². The Morgan fingerprint density at radius 3 is 2.67 bits per heavy atom. The fourth-order valence-corrected chi connectivity index (χ4v) is 2.36. The third kappa shape index (κ3) is 2.67. The van der Waals surface area contributed by atoms with Crippen molar-refractivity contribution >= 4 is 33.0 Å². The summed E-state index contributed by atoms with van der Waals surface area (Å²) in [5, 5.41) is 3.44. The van der Waals surface area contributed by atoms with Crippen LogP contribution >= 0.6 is 15.9 Å². The lowest BCUT2D eigenvalue weighted by molar-refractivity contribution is 1.13. The van der Waals surface area contributed by atoms with Gasteiger partial charge in [0.05, 0.1) is 11.4 Å². The Balaban J connectivity index is 2.39. The smallest absolute Gasteiger partial charge is 0.0618 e. The van der Waals surface area contributed by atoms with Crippen LogP contribution in [0.3, 0.4) is 0 Å². The van der Waals surface area contributed by atoms with Gasteiger partial charge in [0.15, 0.2) is 0 Å². The first-order chi connectivity index (χ1) is 8.61. The van der Waals surface area contributed by atoms with Gasteiger partial charge in [-0.2, -0.15) is 0 Å². The maximum Gasteiger partial charge on any atom is 0.0618 e. The number of nitrogens with two attached hydrogens (primary N) is 1. The summed E-state index contributed by atoms with van der Waals surface area (Å²) in [4.78, 5) is 0. The molecule has 0 bridgehead atoms. The minimum Gasteiger partial charge on any atom is -0.397 e. The van der Waals surface area contributed by atoms with E-state index >= 15 is 0 Å². The Bertz CT molecular complexity index is 564. The number of halogens is 1. The van der Waals surface area contributed by atoms with Gasteiger partial charge in [-0.1, -0.05) is 41.1 Å². The highest BCUT2D eigenvalue weighted by Crippen LogP contribution is 2.30. The van der Waals surface area contributed by atoms with Crippen LogP contribution < -0.4 is 11.1 Å². The number of hydrogen-bond acceptors (Lipinski definition) is 2. The van der Waals surface area contributed by atoms with E-state index in [2.05, 4.69) is 53.3 Å². The lowest BCUT2D eigenvalue weighted by Crippen LogP contribution is -2.00. The Labute approximate surface area is 116 Å². The molecule has 0 atom stereocenters.